The molecule has 1 fully saturated rings. The summed E-state index contributed by atoms with van der Waals surface area (Å²) in [7, 11) is 0. The zero-order chi connectivity index (χ0) is 19.2. The van der Waals surface area contributed by atoms with Gasteiger partial charge < -0.3 is 4.57 Å². The van der Waals surface area contributed by atoms with E-state index in [1.165, 1.54) is 30.0 Å². The molecule has 0 spiro atoms. The first-order valence-electron chi connectivity index (χ1n) is 8.28. The van der Waals surface area contributed by atoms with Gasteiger partial charge in [0.1, 0.15) is 0 Å². The van der Waals surface area contributed by atoms with Crippen LogP contribution in [0.3, 0.4) is 0 Å². The third kappa shape index (κ3) is 3.64. The van der Waals surface area contributed by atoms with E-state index >= 15 is 0 Å². The molecule has 1 saturated carbocycles. The quantitative estimate of drug-likeness (QED) is 0.322. The van der Waals surface area contributed by atoms with Crippen LogP contribution in [0.4, 0.5) is 18.9 Å². The van der Waals surface area contributed by atoms with E-state index in [1.54, 1.807) is 12.1 Å². The van der Waals surface area contributed by atoms with Crippen molar-refractivity contribution in [3.05, 3.63) is 63.7 Å². The van der Waals surface area contributed by atoms with Crippen LogP contribution in [-0.2, 0) is 11.9 Å². The molecule has 0 unspecified atom stereocenters. The van der Waals surface area contributed by atoms with Gasteiger partial charge in [-0.3, -0.25) is 10.1 Å². The number of alkyl halides is 3. The Morgan fingerprint density at radius 1 is 1.19 bits per heavy atom. The number of nitro groups is 1. The summed E-state index contributed by atoms with van der Waals surface area (Å²) in [4.78, 5) is 14.7. The van der Waals surface area contributed by atoms with E-state index in [4.69, 9.17) is 0 Å². The summed E-state index contributed by atoms with van der Waals surface area (Å²) in [6.07, 6.45) is -2.43. The van der Waals surface area contributed by atoms with Gasteiger partial charge >= 0.3 is 6.18 Å². The summed E-state index contributed by atoms with van der Waals surface area (Å²) >= 11 is 1.42. The predicted molar refractivity (Wildman–Crippen MR) is 95.7 cm³/mol. The van der Waals surface area contributed by atoms with Crippen molar-refractivity contribution in [2.45, 2.75) is 36.0 Å². The maximum Gasteiger partial charge on any atom is 0.416 e. The molecular weight excluding hydrogens is 379 g/mol. The van der Waals surface area contributed by atoms with Crippen LogP contribution in [0.2, 0.25) is 0 Å². The maximum atomic E-state index is 13.0. The van der Waals surface area contributed by atoms with Crippen molar-refractivity contribution in [3.8, 4) is 0 Å². The number of fused-ring (bicyclic) bond motifs is 1. The number of benzene rings is 2. The monoisotopic (exact) mass is 393 g/mol. The lowest BCUT2D eigenvalue weighted by molar-refractivity contribution is -0.384. The van der Waals surface area contributed by atoms with Crippen molar-refractivity contribution in [2.75, 3.05) is 0 Å². The zero-order valence-corrected chi connectivity index (χ0v) is 14.8. The number of nitrogens with zero attached hydrogens (tertiary/aromatic N) is 3. The van der Waals surface area contributed by atoms with Crippen LogP contribution in [0, 0.1) is 10.1 Å². The highest BCUT2D eigenvalue weighted by atomic mass is 32.2. The van der Waals surface area contributed by atoms with Crippen molar-refractivity contribution < 1.29 is 18.1 Å². The maximum absolute atomic E-state index is 13.0. The molecule has 0 bridgehead atoms. The molecule has 0 aliphatic heterocycles. The third-order valence-corrected chi connectivity index (χ3v) is 5.44. The Morgan fingerprint density at radius 3 is 2.48 bits per heavy atom. The molecule has 4 rings (SSSR count). The molecule has 9 heteroatoms. The SMILES string of the molecule is O=[N+]([O-])c1ccc(CSc2nc3cc(C(F)(F)F)ccc3n2C2CC2)cc1. The van der Waals surface area contributed by atoms with Gasteiger partial charge in [-0.05, 0) is 36.6 Å². The molecule has 5 nitrogen and oxygen atoms in total. The summed E-state index contributed by atoms with van der Waals surface area (Å²) in [5.41, 5.74) is 1.24. The topological polar surface area (TPSA) is 61.0 Å². The Kier molecular flexibility index (Phi) is 4.33. The largest absolute Gasteiger partial charge is 0.416 e. The highest BCUT2D eigenvalue weighted by molar-refractivity contribution is 7.98. The number of hydrogen-bond donors (Lipinski definition) is 0. The van der Waals surface area contributed by atoms with Crippen LogP contribution in [0.5, 0.6) is 0 Å². The molecule has 0 saturated heterocycles. The zero-order valence-electron chi connectivity index (χ0n) is 13.9. The van der Waals surface area contributed by atoms with Crippen molar-refractivity contribution >= 4 is 28.5 Å². The third-order valence-electron chi connectivity index (χ3n) is 4.41. The number of aromatic nitrogens is 2. The summed E-state index contributed by atoms with van der Waals surface area (Å²) in [5, 5.41) is 11.4. The fourth-order valence-electron chi connectivity index (χ4n) is 2.90. The second kappa shape index (κ2) is 6.56. The van der Waals surface area contributed by atoms with Crippen LogP contribution in [0.15, 0.2) is 47.6 Å². The van der Waals surface area contributed by atoms with Crippen molar-refractivity contribution in [2.24, 2.45) is 0 Å². The minimum atomic E-state index is -4.40. The van der Waals surface area contributed by atoms with Gasteiger partial charge in [-0.25, -0.2) is 4.98 Å². The number of nitro benzene ring substituents is 1. The second-order valence-electron chi connectivity index (χ2n) is 6.41. The fraction of sp³-hybridized carbons (Fsp3) is 0.278. The summed E-state index contributed by atoms with van der Waals surface area (Å²) in [6, 6.07) is 10.2. The molecule has 140 valence electrons. The Bertz CT molecular complexity index is 1010. The number of non-ortho nitro benzene ring substituents is 1. The molecule has 27 heavy (non-hydrogen) atoms. The molecule has 1 aromatic heterocycles. The summed E-state index contributed by atoms with van der Waals surface area (Å²) < 4.78 is 40.9. The van der Waals surface area contributed by atoms with Crippen LogP contribution in [0.25, 0.3) is 11.0 Å². The molecule has 0 atom stereocenters. The van der Waals surface area contributed by atoms with Crippen molar-refractivity contribution in [1.29, 1.82) is 0 Å². The average molecular weight is 393 g/mol. The van der Waals surface area contributed by atoms with E-state index in [-0.39, 0.29) is 11.7 Å². The lowest BCUT2D eigenvalue weighted by Crippen LogP contribution is -2.04. The Hall–Kier alpha value is -2.55. The molecule has 1 aliphatic carbocycles. The predicted octanol–water partition coefficient (Wildman–Crippen LogP) is 5.59. The standard InChI is InChI=1S/C18H14F3N3O2S/c19-18(20,21)12-3-8-16-15(9-12)22-17(23(16)13-6-7-13)27-10-11-1-4-14(5-2-11)24(25)26/h1-5,8-9,13H,6-7,10H2. The van der Waals surface area contributed by atoms with E-state index in [9.17, 15) is 23.3 Å². The van der Waals surface area contributed by atoms with Gasteiger partial charge in [-0.15, -0.1) is 0 Å². The lowest BCUT2D eigenvalue weighted by Gasteiger charge is -2.08. The first kappa shape index (κ1) is 17.8. The fourth-order valence-corrected chi connectivity index (χ4v) is 3.94. The van der Waals surface area contributed by atoms with Gasteiger partial charge in [0.25, 0.3) is 5.69 Å². The van der Waals surface area contributed by atoms with E-state index in [2.05, 4.69) is 4.98 Å². The minimum Gasteiger partial charge on any atom is -0.316 e. The average Bonchev–Trinajstić information content (AvgIpc) is 3.39. The molecule has 0 amide bonds. The van der Waals surface area contributed by atoms with E-state index in [0.717, 1.165) is 30.5 Å². The molecule has 3 aromatic rings. The number of imidazole rings is 1. The van der Waals surface area contributed by atoms with Crippen LogP contribution >= 0.6 is 11.8 Å². The number of hydrogen-bond acceptors (Lipinski definition) is 4. The Balaban J connectivity index is 1.62. The first-order valence-corrected chi connectivity index (χ1v) is 9.27. The molecule has 0 radical (unpaired) electrons. The van der Waals surface area contributed by atoms with Gasteiger partial charge in [0.15, 0.2) is 5.16 Å². The van der Waals surface area contributed by atoms with Gasteiger partial charge in [0.05, 0.1) is 21.5 Å². The van der Waals surface area contributed by atoms with Crippen LogP contribution in [0.1, 0.15) is 30.0 Å². The summed E-state index contributed by atoms with van der Waals surface area (Å²) in [6.45, 7) is 0. The highest BCUT2D eigenvalue weighted by Crippen LogP contribution is 2.42. The minimum absolute atomic E-state index is 0.0219. The van der Waals surface area contributed by atoms with Crippen molar-refractivity contribution in [3.63, 3.8) is 0 Å². The number of rotatable bonds is 5. The first-order chi connectivity index (χ1) is 12.8. The number of halogens is 3. The van der Waals surface area contributed by atoms with Crippen LogP contribution < -0.4 is 0 Å². The van der Waals surface area contributed by atoms with E-state index in [0.29, 0.717) is 21.9 Å². The molecule has 2 aromatic carbocycles. The second-order valence-corrected chi connectivity index (χ2v) is 7.35. The Morgan fingerprint density at radius 2 is 1.89 bits per heavy atom. The van der Waals surface area contributed by atoms with Crippen LogP contribution in [-0.4, -0.2) is 14.5 Å². The smallest absolute Gasteiger partial charge is 0.316 e. The van der Waals surface area contributed by atoms with Gasteiger partial charge in [-0.1, -0.05) is 23.9 Å². The van der Waals surface area contributed by atoms with E-state index in [1.807, 2.05) is 4.57 Å². The summed E-state index contributed by atoms with van der Waals surface area (Å²) in [5.74, 6) is 0.528. The van der Waals surface area contributed by atoms with Gasteiger partial charge in [-0.2, -0.15) is 13.2 Å². The Labute approximate surface area is 156 Å². The van der Waals surface area contributed by atoms with E-state index < -0.39 is 16.7 Å². The molecule has 1 aliphatic rings. The molecular formula is C18H14F3N3O2S. The number of thioether (sulfide) groups is 1. The van der Waals surface area contributed by atoms with Gasteiger partial charge in [0.2, 0.25) is 0 Å². The highest BCUT2D eigenvalue weighted by Gasteiger charge is 2.33. The van der Waals surface area contributed by atoms with Crippen molar-refractivity contribution in [1.82, 2.24) is 9.55 Å². The molecule has 0 N–H and O–H groups in total. The molecule has 1 heterocycles. The van der Waals surface area contributed by atoms with Gasteiger partial charge in [0, 0.05) is 23.9 Å². The normalized spacial score (nSPS) is 14.6. The lowest BCUT2D eigenvalue weighted by atomic mass is 10.2.